The van der Waals surface area contributed by atoms with E-state index in [9.17, 15) is 10.0 Å². The molecular weight excluding hydrogens is 342 g/mol. The summed E-state index contributed by atoms with van der Waals surface area (Å²) in [4.78, 5) is 17.9. The van der Waals surface area contributed by atoms with E-state index in [1.807, 2.05) is 0 Å². The third-order valence-corrected chi connectivity index (χ3v) is 8.56. The Bertz CT molecular complexity index is 676. The highest BCUT2D eigenvalue weighted by molar-refractivity contribution is 5.96. The molecule has 0 aromatic heterocycles. The molecule has 6 nitrogen and oxygen atoms in total. The Hall–Kier alpha value is -1.43. The monoisotopic (exact) mass is 375 g/mol. The highest BCUT2D eigenvalue weighted by atomic mass is 16.6. The van der Waals surface area contributed by atoms with Crippen LogP contribution in [0, 0.1) is 34.5 Å². The van der Waals surface area contributed by atoms with Gasteiger partial charge in [0.2, 0.25) is 0 Å². The smallest absolute Gasteiger partial charge is 0.139 e. The van der Waals surface area contributed by atoms with Crippen LogP contribution in [0.1, 0.15) is 65.2 Å². The van der Waals surface area contributed by atoms with Crippen LogP contribution in [-0.4, -0.2) is 35.6 Å². The second kappa shape index (κ2) is 6.87. The number of carbonyl (C=O) groups is 1. The largest absolute Gasteiger partial charge is 0.411 e. The van der Waals surface area contributed by atoms with Crippen molar-refractivity contribution in [3.05, 3.63) is 0 Å². The van der Waals surface area contributed by atoms with Crippen LogP contribution in [0.4, 0.5) is 0 Å². The van der Waals surface area contributed by atoms with E-state index in [1.54, 1.807) is 0 Å². The van der Waals surface area contributed by atoms with Crippen LogP contribution in [0.25, 0.3) is 0 Å². The molecule has 6 atom stereocenters. The van der Waals surface area contributed by atoms with Gasteiger partial charge >= 0.3 is 0 Å². The van der Waals surface area contributed by atoms with Crippen molar-refractivity contribution in [1.82, 2.24) is 0 Å². The Labute approximate surface area is 161 Å². The molecule has 6 heteroatoms. The predicted molar refractivity (Wildman–Crippen MR) is 104 cm³/mol. The normalized spacial score (nSPS) is 46.9. The fraction of sp³-hybridized carbons (Fsp3) is 0.857. The van der Waals surface area contributed by atoms with E-state index in [0.717, 1.165) is 62.8 Å². The Morgan fingerprint density at radius 1 is 1.19 bits per heavy atom. The lowest BCUT2D eigenvalue weighted by Crippen LogP contribution is -2.56. The predicted octanol–water partition coefficient (Wildman–Crippen LogP) is 3.37. The fourth-order valence-electron chi connectivity index (χ4n) is 7.03. The van der Waals surface area contributed by atoms with Crippen molar-refractivity contribution in [2.24, 2.45) is 50.5 Å². The van der Waals surface area contributed by atoms with Crippen LogP contribution in [0.3, 0.4) is 0 Å². The minimum atomic E-state index is -0.151. The van der Waals surface area contributed by atoms with E-state index in [-0.39, 0.29) is 16.7 Å². The van der Waals surface area contributed by atoms with Gasteiger partial charge in [-0.15, -0.1) is 0 Å². The summed E-state index contributed by atoms with van der Waals surface area (Å²) in [6.45, 7) is 5.47. The molecule has 0 bridgehead atoms. The number of carbonyl (C=O) groups excluding carboxylic acids is 1. The van der Waals surface area contributed by atoms with Crippen molar-refractivity contribution in [1.29, 1.82) is 0 Å². The average Bonchev–Trinajstić information content (AvgIpc) is 2.96. The number of rotatable bonds is 3. The molecule has 0 unspecified atom stereocenters. The van der Waals surface area contributed by atoms with Crippen LogP contribution in [-0.2, 0) is 9.63 Å². The van der Waals surface area contributed by atoms with Crippen molar-refractivity contribution < 1.29 is 14.8 Å². The van der Waals surface area contributed by atoms with Gasteiger partial charge in [-0.05, 0) is 68.1 Å². The highest BCUT2D eigenvalue weighted by Gasteiger charge is 2.61. The molecular formula is C21H33N3O3. The van der Waals surface area contributed by atoms with Gasteiger partial charge in [0.1, 0.15) is 12.4 Å². The van der Waals surface area contributed by atoms with Crippen LogP contribution >= 0.6 is 0 Å². The molecule has 4 fully saturated rings. The van der Waals surface area contributed by atoms with Crippen molar-refractivity contribution in [2.45, 2.75) is 65.2 Å². The maximum absolute atomic E-state index is 12.6. The number of nitrogens with zero attached hydrogens (tertiary/aromatic N) is 2. The minimum Gasteiger partial charge on any atom is -0.411 e. The first-order valence-electron chi connectivity index (χ1n) is 10.6. The number of hydrogen-bond acceptors (Lipinski definition) is 6. The summed E-state index contributed by atoms with van der Waals surface area (Å²) in [7, 11) is 0. The number of oxime groups is 2. The molecule has 27 heavy (non-hydrogen) atoms. The van der Waals surface area contributed by atoms with Gasteiger partial charge in [-0.25, -0.2) is 0 Å². The second-order valence-electron chi connectivity index (χ2n) is 9.63. The standard InChI is InChI=1S/C21H33N3O3/c1-20-7-5-13(24-27-10-9-22)11-17(20)18(23-26)12-14-15-3-4-19(25)21(15,2)8-6-16(14)20/h14-17,26H,3-12,22H2,1-2H3/b23-18+,24-13?/t14-,15-,16-,17+,20+,21-/m0/s1. The summed E-state index contributed by atoms with van der Waals surface area (Å²) in [6, 6.07) is 0. The lowest BCUT2D eigenvalue weighted by atomic mass is 9.45. The Kier molecular flexibility index (Phi) is 4.81. The zero-order chi connectivity index (χ0) is 19.2. The van der Waals surface area contributed by atoms with E-state index >= 15 is 0 Å². The molecule has 4 saturated carbocycles. The summed E-state index contributed by atoms with van der Waals surface area (Å²) < 4.78 is 0. The number of hydrogen-bond donors (Lipinski definition) is 2. The average molecular weight is 376 g/mol. The molecule has 0 amide bonds. The van der Waals surface area contributed by atoms with E-state index in [0.29, 0.717) is 36.7 Å². The summed E-state index contributed by atoms with van der Waals surface area (Å²) in [5.41, 5.74) is 7.41. The molecule has 4 aliphatic rings. The van der Waals surface area contributed by atoms with Gasteiger partial charge in [-0.2, -0.15) is 0 Å². The molecule has 0 aliphatic heterocycles. The van der Waals surface area contributed by atoms with E-state index in [1.165, 1.54) is 0 Å². The van der Waals surface area contributed by atoms with Gasteiger partial charge in [0.15, 0.2) is 0 Å². The third-order valence-electron chi connectivity index (χ3n) is 8.56. The first-order chi connectivity index (χ1) is 12.9. The van der Waals surface area contributed by atoms with Crippen LogP contribution < -0.4 is 5.73 Å². The lowest BCUT2D eigenvalue weighted by Gasteiger charge is -2.59. The molecule has 0 heterocycles. The van der Waals surface area contributed by atoms with Gasteiger partial charge in [0, 0.05) is 24.3 Å². The van der Waals surface area contributed by atoms with Crippen molar-refractivity contribution in [3.8, 4) is 0 Å². The number of fused-ring (bicyclic) bond motifs is 5. The molecule has 0 aromatic rings. The SMILES string of the molecule is C[C@]12CCC(=NOCCN)C[C@@H]1/C(=N/O)C[C@@H]1[C@@H]2CC[C@]2(C)C(=O)CC[C@@H]12. The van der Waals surface area contributed by atoms with Gasteiger partial charge in [-0.3, -0.25) is 4.79 Å². The van der Waals surface area contributed by atoms with E-state index < -0.39 is 0 Å². The van der Waals surface area contributed by atoms with Gasteiger partial charge in [-0.1, -0.05) is 24.2 Å². The quantitative estimate of drug-likeness (QED) is 0.449. The Morgan fingerprint density at radius 3 is 2.74 bits per heavy atom. The molecule has 0 saturated heterocycles. The summed E-state index contributed by atoms with van der Waals surface area (Å²) >= 11 is 0. The molecule has 0 spiro atoms. The lowest BCUT2D eigenvalue weighted by molar-refractivity contribution is -0.133. The van der Waals surface area contributed by atoms with Gasteiger partial charge < -0.3 is 15.8 Å². The molecule has 4 aliphatic carbocycles. The summed E-state index contributed by atoms with van der Waals surface area (Å²) in [6.07, 6.45) is 7.48. The van der Waals surface area contributed by atoms with Crippen molar-refractivity contribution in [2.75, 3.05) is 13.2 Å². The number of Topliss-reactive ketones (excluding diaryl/α,β-unsaturated/α-hetero) is 1. The fourth-order valence-corrected chi connectivity index (χ4v) is 7.03. The van der Waals surface area contributed by atoms with E-state index in [4.69, 9.17) is 10.6 Å². The topological polar surface area (TPSA) is 97.3 Å². The number of nitrogens with two attached hydrogens (primary N) is 1. The maximum atomic E-state index is 12.6. The van der Waals surface area contributed by atoms with Crippen LogP contribution in [0.15, 0.2) is 10.3 Å². The Morgan fingerprint density at radius 2 is 2.00 bits per heavy atom. The molecule has 4 rings (SSSR count). The molecule has 3 N–H and O–H groups in total. The van der Waals surface area contributed by atoms with E-state index in [2.05, 4.69) is 24.2 Å². The minimum absolute atomic E-state index is 0.115. The molecule has 0 aromatic carbocycles. The van der Waals surface area contributed by atoms with Gasteiger partial charge in [0.25, 0.3) is 0 Å². The highest BCUT2D eigenvalue weighted by Crippen LogP contribution is 2.64. The Balaban J connectivity index is 1.61. The zero-order valence-corrected chi connectivity index (χ0v) is 16.6. The first-order valence-corrected chi connectivity index (χ1v) is 10.6. The van der Waals surface area contributed by atoms with Crippen LogP contribution in [0.2, 0.25) is 0 Å². The van der Waals surface area contributed by atoms with Crippen molar-refractivity contribution >= 4 is 17.2 Å². The summed E-state index contributed by atoms with van der Waals surface area (Å²) in [5, 5.41) is 17.9. The van der Waals surface area contributed by atoms with Crippen LogP contribution in [0.5, 0.6) is 0 Å². The molecule has 150 valence electrons. The third kappa shape index (κ3) is 2.82. The van der Waals surface area contributed by atoms with Gasteiger partial charge in [0.05, 0.1) is 11.4 Å². The second-order valence-corrected chi connectivity index (χ2v) is 9.63. The van der Waals surface area contributed by atoms with Crippen molar-refractivity contribution in [3.63, 3.8) is 0 Å². The summed E-state index contributed by atoms with van der Waals surface area (Å²) in [5.74, 6) is 2.19. The number of ketones is 1. The molecule has 0 radical (unpaired) electrons. The maximum Gasteiger partial charge on any atom is 0.139 e. The zero-order valence-electron chi connectivity index (χ0n) is 16.6. The first kappa shape index (κ1) is 18.9.